The summed E-state index contributed by atoms with van der Waals surface area (Å²) in [7, 11) is 0. The van der Waals surface area contributed by atoms with E-state index in [1.54, 1.807) is 6.07 Å². The standard InChI is InChI=1S/C20H15ClN4O2/c21-17-7-3-1-5-13(17)11-25-12-15(16-6-2-4-8-18(16)25)9-14(10-22)19(26)24-20(23)27/h1-9,12H,11H2,(H3,23,24,26,27)/b14-9-. The summed E-state index contributed by atoms with van der Waals surface area (Å²) >= 11 is 6.26. The third kappa shape index (κ3) is 4.00. The van der Waals surface area contributed by atoms with Gasteiger partial charge in [0.15, 0.2) is 0 Å². The Hall–Kier alpha value is -3.56. The van der Waals surface area contributed by atoms with Gasteiger partial charge in [-0.2, -0.15) is 5.26 Å². The maximum absolute atomic E-state index is 11.9. The van der Waals surface area contributed by atoms with E-state index >= 15 is 0 Å². The summed E-state index contributed by atoms with van der Waals surface area (Å²) in [5, 5.41) is 12.7. The molecular formula is C20H15ClN4O2. The van der Waals surface area contributed by atoms with Crippen molar-refractivity contribution in [3.63, 3.8) is 0 Å². The Morgan fingerprint density at radius 1 is 1.19 bits per heavy atom. The van der Waals surface area contributed by atoms with Gasteiger partial charge in [0, 0.05) is 34.2 Å². The molecule has 0 saturated carbocycles. The molecule has 3 N–H and O–H groups in total. The van der Waals surface area contributed by atoms with E-state index in [0.717, 1.165) is 16.5 Å². The number of carbonyl (C=O) groups excluding carboxylic acids is 2. The zero-order valence-corrected chi connectivity index (χ0v) is 14.9. The summed E-state index contributed by atoms with van der Waals surface area (Å²) in [6.07, 6.45) is 3.27. The Morgan fingerprint density at radius 3 is 2.59 bits per heavy atom. The van der Waals surface area contributed by atoms with E-state index in [1.807, 2.05) is 64.6 Å². The van der Waals surface area contributed by atoms with Gasteiger partial charge in [-0.1, -0.05) is 48.0 Å². The Labute approximate surface area is 160 Å². The number of halogens is 1. The summed E-state index contributed by atoms with van der Waals surface area (Å²) in [5.74, 6) is -0.840. The van der Waals surface area contributed by atoms with Crippen LogP contribution in [0.25, 0.3) is 17.0 Å². The summed E-state index contributed by atoms with van der Waals surface area (Å²) in [6.45, 7) is 0.531. The van der Waals surface area contributed by atoms with Gasteiger partial charge in [0.2, 0.25) is 0 Å². The lowest BCUT2D eigenvalue weighted by molar-refractivity contribution is -0.115. The normalized spacial score (nSPS) is 11.2. The first-order valence-corrected chi connectivity index (χ1v) is 8.41. The van der Waals surface area contributed by atoms with Crippen LogP contribution in [0.15, 0.2) is 60.3 Å². The van der Waals surface area contributed by atoms with Crippen molar-refractivity contribution < 1.29 is 9.59 Å². The number of rotatable bonds is 4. The minimum absolute atomic E-state index is 0.213. The molecule has 7 heteroatoms. The number of benzene rings is 2. The number of hydrogen-bond acceptors (Lipinski definition) is 3. The average molecular weight is 379 g/mol. The molecule has 1 heterocycles. The molecule has 0 aliphatic rings. The lowest BCUT2D eigenvalue weighted by atomic mass is 10.1. The van der Waals surface area contributed by atoms with Crippen molar-refractivity contribution in [1.29, 1.82) is 5.26 Å². The number of nitrogens with one attached hydrogen (secondary N) is 1. The molecule has 2 aromatic carbocycles. The fourth-order valence-corrected chi connectivity index (χ4v) is 3.01. The summed E-state index contributed by atoms with van der Waals surface area (Å²) in [6, 6.07) is 15.9. The van der Waals surface area contributed by atoms with Crippen LogP contribution in [0.2, 0.25) is 5.02 Å². The van der Waals surface area contributed by atoms with Gasteiger partial charge in [0.25, 0.3) is 5.91 Å². The number of para-hydroxylation sites is 1. The van der Waals surface area contributed by atoms with E-state index < -0.39 is 11.9 Å². The molecule has 3 amide bonds. The highest BCUT2D eigenvalue weighted by molar-refractivity contribution is 6.31. The topological polar surface area (TPSA) is 101 Å². The maximum atomic E-state index is 11.9. The zero-order valence-electron chi connectivity index (χ0n) is 14.1. The van der Waals surface area contributed by atoms with Gasteiger partial charge in [-0.25, -0.2) is 4.79 Å². The second kappa shape index (κ2) is 7.77. The molecule has 3 rings (SSSR count). The van der Waals surface area contributed by atoms with E-state index in [2.05, 4.69) is 0 Å². The number of fused-ring (bicyclic) bond motifs is 1. The molecule has 0 atom stereocenters. The molecule has 134 valence electrons. The predicted octanol–water partition coefficient (Wildman–Crippen LogP) is 3.44. The largest absolute Gasteiger partial charge is 0.351 e. The van der Waals surface area contributed by atoms with Crippen molar-refractivity contribution in [3.8, 4) is 6.07 Å². The van der Waals surface area contributed by atoms with Crippen LogP contribution in [0.5, 0.6) is 0 Å². The first-order valence-electron chi connectivity index (χ1n) is 8.03. The van der Waals surface area contributed by atoms with Gasteiger partial charge in [0.1, 0.15) is 11.6 Å². The molecule has 0 radical (unpaired) electrons. The summed E-state index contributed by atoms with van der Waals surface area (Å²) in [5.41, 5.74) is 7.29. The van der Waals surface area contributed by atoms with Crippen LogP contribution >= 0.6 is 11.6 Å². The van der Waals surface area contributed by atoms with Crippen molar-refractivity contribution in [1.82, 2.24) is 9.88 Å². The summed E-state index contributed by atoms with van der Waals surface area (Å²) < 4.78 is 1.99. The monoisotopic (exact) mass is 378 g/mol. The van der Waals surface area contributed by atoms with Crippen LogP contribution < -0.4 is 11.1 Å². The highest BCUT2D eigenvalue weighted by Crippen LogP contribution is 2.26. The molecular weight excluding hydrogens is 364 g/mol. The number of imide groups is 1. The summed E-state index contributed by atoms with van der Waals surface area (Å²) in [4.78, 5) is 22.8. The number of hydrogen-bond donors (Lipinski definition) is 2. The van der Waals surface area contributed by atoms with E-state index in [9.17, 15) is 14.9 Å². The fraction of sp³-hybridized carbons (Fsp3) is 0.0500. The van der Waals surface area contributed by atoms with Gasteiger partial charge in [-0.15, -0.1) is 0 Å². The second-order valence-electron chi connectivity index (χ2n) is 5.81. The molecule has 0 fully saturated rings. The molecule has 0 unspecified atom stereocenters. The molecule has 27 heavy (non-hydrogen) atoms. The molecule has 0 aliphatic heterocycles. The second-order valence-corrected chi connectivity index (χ2v) is 6.22. The van der Waals surface area contributed by atoms with Gasteiger partial charge in [-0.05, 0) is 23.8 Å². The van der Waals surface area contributed by atoms with E-state index in [1.165, 1.54) is 6.08 Å². The molecule has 6 nitrogen and oxygen atoms in total. The Morgan fingerprint density at radius 2 is 1.89 bits per heavy atom. The van der Waals surface area contributed by atoms with Crippen LogP contribution in [0.3, 0.4) is 0 Å². The van der Waals surface area contributed by atoms with Gasteiger partial charge < -0.3 is 10.3 Å². The third-order valence-corrected chi connectivity index (χ3v) is 4.39. The van der Waals surface area contributed by atoms with Crippen molar-refractivity contribution >= 4 is 40.5 Å². The molecule has 1 aromatic heterocycles. The highest BCUT2D eigenvalue weighted by atomic mass is 35.5. The van der Waals surface area contributed by atoms with Crippen molar-refractivity contribution in [2.24, 2.45) is 5.73 Å². The SMILES string of the molecule is N#C/C(=C/c1cn(Cc2ccccc2Cl)c2ccccc12)C(=O)NC(N)=O. The van der Waals surface area contributed by atoms with Gasteiger partial charge in [0.05, 0.1) is 0 Å². The molecule has 3 aromatic rings. The minimum Gasteiger partial charge on any atom is -0.351 e. The van der Waals surface area contributed by atoms with Crippen LogP contribution in [0, 0.1) is 11.3 Å². The number of aromatic nitrogens is 1. The Balaban J connectivity index is 2.06. The van der Waals surface area contributed by atoms with Gasteiger partial charge >= 0.3 is 6.03 Å². The molecule has 0 saturated heterocycles. The molecule has 0 bridgehead atoms. The van der Waals surface area contributed by atoms with Crippen LogP contribution in [-0.4, -0.2) is 16.5 Å². The van der Waals surface area contributed by atoms with E-state index in [4.69, 9.17) is 17.3 Å². The number of nitrogens with two attached hydrogens (primary N) is 1. The van der Waals surface area contributed by atoms with Gasteiger partial charge in [-0.3, -0.25) is 10.1 Å². The van der Waals surface area contributed by atoms with Crippen molar-refractivity contribution in [2.75, 3.05) is 0 Å². The van der Waals surface area contributed by atoms with Crippen LogP contribution in [0.4, 0.5) is 4.79 Å². The van der Waals surface area contributed by atoms with Crippen molar-refractivity contribution in [2.45, 2.75) is 6.54 Å². The number of nitrogens with zero attached hydrogens (tertiary/aromatic N) is 2. The first-order chi connectivity index (χ1) is 13.0. The average Bonchev–Trinajstić information content (AvgIpc) is 2.98. The maximum Gasteiger partial charge on any atom is 0.319 e. The third-order valence-electron chi connectivity index (χ3n) is 4.02. The Bertz CT molecular complexity index is 1110. The number of carbonyl (C=O) groups is 2. The van der Waals surface area contributed by atoms with Crippen LogP contribution in [-0.2, 0) is 11.3 Å². The Kier molecular flexibility index (Phi) is 5.25. The lowest BCUT2D eigenvalue weighted by Crippen LogP contribution is -2.35. The molecule has 0 spiro atoms. The quantitative estimate of drug-likeness (QED) is 0.537. The fourth-order valence-electron chi connectivity index (χ4n) is 2.81. The lowest BCUT2D eigenvalue weighted by Gasteiger charge is -2.07. The van der Waals surface area contributed by atoms with Crippen LogP contribution in [0.1, 0.15) is 11.1 Å². The number of amides is 3. The molecule has 0 aliphatic carbocycles. The number of nitriles is 1. The minimum atomic E-state index is -1.01. The highest BCUT2D eigenvalue weighted by Gasteiger charge is 2.14. The smallest absolute Gasteiger partial charge is 0.319 e. The predicted molar refractivity (Wildman–Crippen MR) is 104 cm³/mol. The zero-order chi connectivity index (χ0) is 19.4. The van der Waals surface area contributed by atoms with Crippen molar-refractivity contribution in [3.05, 3.63) is 76.5 Å². The first kappa shape index (κ1) is 18.2. The number of urea groups is 1. The van der Waals surface area contributed by atoms with E-state index in [-0.39, 0.29) is 5.57 Å². The number of primary amides is 1. The van der Waals surface area contributed by atoms with E-state index in [0.29, 0.717) is 17.1 Å².